The lowest BCUT2D eigenvalue weighted by Gasteiger charge is -2.05. The Morgan fingerprint density at radius 1 is 0.654 bits per heavy atom. The number of unbranched alkanes of at least 4 members (excludes halogenated alkanes) is 12. The molecule has 1 aromatic rings. The Hall–Kier alpha value is -1.07. The van der Waals surface area contributed by atoms with Gasteiger partial charge in [0.25, 0.3) is 10.1 Å². The summed E-state index contributed by atoms with van der Waals surface area (Å²) in [5.74, 6) is 0.324. The standard InChI is InChI=1S/C21H36O4S/c22-21-18-14-13-17-20(21)16-12-10-8-6-4-2-1-3-5-7-9-11-15-19-26(23,24)25/h13-14,17-18,22H,1-12,15-16,19H2,(H,23,24,25). The Labute approximate surface area is 159 Å². The van der Waals surface area contributed by atoms with Gasteiger partial charge in [-0.1, -0.05) is 88.8 Å². The minimum Gasteiger partial charge on any atom is -0.508 e. The molecule has 0 radical (unpaired) electrons. The van der Waals surface area contributed by atoms with E-state index in [0.717, 1.165) is 37.7 Å². The van der Waals surface area contributed by atoms with Gasteiger partial charge in [0.15, 0.2) is 0 Å². The fraction of sp³-hybridized carbons (Fsp3) is 0.714. The van der Waals surface area contributed by atoms with Crippen LogP contribution in [0.1, 0.15) is 89.0 Å². The summed E-state index contributed by atoms with van der Waals surface area (Å²) >= 11 is 0. The van der Waals surface area contributed by atoms with Crippen LogP contribution in [0.4, 0.5) is 0 Å². The van der Waals surface area contributed by atoms with Crippen molar-refractivity contribution in [1.29, 1.82) is 0 Å². The van der Waals surface area contributed by atoms with Crippen LogP contribution in [-0.4, -0.2) is 23.8 Å². The lowest BCUT2D eigenvalue weighted by atomic mass is 10.0. The highest BCUT2D eigenvalue weighted by molar-refractivity contribution is 7.85. The number of hydrogen-bond donors (Lipinski definition) is 2. The molecule has 0 aliphatic rings. The van der Waals surface area contributed by atoms with Crippen LogP contribution in [-0.2, 0) is 16.5 Å². The minimum absolute atomic E-state index is 0.0977. The Morgan fingerprint density at radius 3 is 1.54 bits per heavy atom. The second-order valence-electron chi connectivity index (χ2n) is 7.26. The first-order chi connectivity index (χ1) is 12.5. The summed E-state index contributed by atoms with van der Waals surface area (Å²) < 4.78 is 29.8. The first-order valence-electron chi connectivity index (χ1n) is 10.2. The van der Waals surface area contributed by atoms with Crippen molar-refractivity contribution in [3.8, 4) is 5.75 Å². The van der Waals surface area contributed by atoms with Crippen molar-refractivity contribution in [2.45, 2.75) is 89.9 Å². The van der Waals surface area contributed by atoms with E-state index >= 15 is 0 Å². The molecular formula is C21H36O4S. The zero-order valence-electron chi connectivity index (χ0n) is 16.0. The summed E-state index contributed by atoms with van der Waals surface area (Å²) in [5.41, 5.74) is 1.06. The predicted octanol–water partition coefficient (Wildman–Crippen LogP) is 5.89. The lowest BCUT2D eigenvalue weighted by molar-refractivity contribution is 0.465. The van der Waals surface area contributed by atoms with Gasteiger partial charge in [-0.2, -0.15) is 8.42 Å². The minimum atomic E-state index is -3.77. The number of rotatable bonds is 16. The van der Waals surface area contributed by atoms with Crippen LogP contribution in [0.2, 0.25) is 0 Å². The van der Waals surface area contributed by atoms with Crippen LogP contribution in [0.3, 0.4) is 0 Å². The third-order valence-electron chi connectivity index (χ3n) is 4.84. The number of aryl methyl sites for hydroxylation is 1. The Balaban J connectivity index is 1.79. The Kier molecular flexibility index (Phi) is 12.4. The van der Waals surface area contributed by atoms with Gasteiger partial charge in [0, 0.05) is 0 Å². The van der Waals surface area contributed by atoms with Gasteiger partial charge in [-0.3, -0.25) is 4.55 Å². The number of phenolic OH excluding ortho intramolecular Hbond substituents is 1. The van der Waals surface area contributed by atoms with Gasteiger partial charge < -0.3 is 5.11 Å². The summed E-state index contributed by atoms with van der Waals surface area (Å²) in [4.78, 5) is 0. The Bertz CT molecular complexity index is 569. The largest absolute Gasteiger partial charge is 0.508 e. The molecule has 0 heterocycles. The molecule has 0 spiro atoms. The van der Waals surface area contributed by atoms with Crippen molar-refractivity contribution in [3.63, 3.8) is 0 Å². The molecule has 0 amide bonds. The highest BCUT2D eigenvalue weighted by Gasteiger charge is 2.03. The van der Waals surface area contributed by atoms with Crippen molar-refractivity contribution >= 4 is 10.1 Å². The van der Waals surface area contributed by atoms with Gasteiger partial charge in [0.2, 0.25) is 0 Å². The topological polar surface area (TPSA) is 74.6 Å². The maximum atomic E-state index is 10.6. The molecule has 0 aliphatic carbocycles. The van der Waals surface area contributed by atoms with E-state index in [2.05, 4.69) is 0 Å². The molecule has 0 unspecified atom stereocenters. The molecule has 4 nitrogen and oxygen atoms in total. The van der Waals surface area contributed by atoms with Crippen LogP contribution < -0.4 is 0 Å². The second kappa shape index (κ2) is 14.0. The molecule has 1 aromatic carbocycles. The van der Waals surface area contributed by atoms with E-state index in [1.165, 1.54) is 51.4 Å². The van der Waals surface area contributed by atoms with Gasteiger partial charge >= 0.3 is 0 Å². The van der Waals surface area contributed by atoms with Gasteiger partial charge in [-0.25, -0.2) is 0 Å². The average molecular weight is 385 g/mol. The van der Waals surface area contributed by atoms with Crippen LogP contribution >= 0.6 is 0 Å². The normalized spacial score (nSPS) is 11.7. The zero-order valence-corrected chi connectivity index (χ0v) is 16.9. The molecule has 2 N–H and O–H groups in total. The Morgan fingerprint density at radius 2 is 1.08 bits per heavy atom. The molecule has 0 aromatic heterocycles. The van der Waals surface area contributed by atoms with Crippen molar-refractivity contribution < 1.29 is 18.1 Å². The van der Waals surface area contributed by atoms with Crippen LogP contribution in [0, 0.1) is 0 Å². The molecule has 1 rings (SSSR count). The SMILES string of the molecule is O=S(=O)(O)CCCCCCCCCCCCCCCc1ccccc1O. The highest BCUT2D eigenvalue weighted by atomic mass is 32.2. The quantitative estimate of drug-likeness (QED) is 0.275. The summed E-state index contributed by atoms with van der Waals surface area (Å²) in [5, 5.41) is 9.71. The molecule has 0 atom stereocenters. The van der Waals surface area contributed by atoms with E-state index in [9.17, 15) is 13.5 Å². The van der Waals surface area contributed by atoms with E-state index in [-0.39, 0.29) is 5.75 Å². The summed E-state index contributed by atoms with van der Waals surface area (Å²) in [6, 6.07) is 7.61. The highest BCUT2D eigenvalue weighted by Crippen LogP contribution is 2.19. The fourth-order valence-electron chi connectivity index (χ4n) is 3.27. The first-order valence-corrected chi connectivity index (χ1v) is 11.8. The number of aromatic hydroxyl groups is 1. The van der Waals surface area contributed by atoms with Crippen molar-refractivity contribution in [2.75, 3.05) is 5.75 Å². The number of benzene rings is 1. The monoisotopic (exact) mass is 384 g/mol. The molecule has 150 valence electrons. The molecule has 0 saturated carbocycles. The molecule has 0 bridgehead atoms. The molecular weight excluding hydrogens is 348 g/mol. The van der Waals surface area contributed by atoms with Crippen LogP contribution in [0.25, 0.3) is 0 Å². The van der Waals surface area contributed by atoms with Gasteiger partial charge in [0.1, 0.15) is 5.75 Å². The van der Waals surface area contributed by atoms with E-state index in [1.54, 1.807) is 6.07 Å². The maximum absolute atomic E-state index is 10.6. The van der Waals surface area contributed by atoms with E-state index in [1.807, 2.05) is 18.2 Å². The summed E-state index contributed by atoms with van der Waals surface area (Å²) in [6.45, 7) is 0. The first kappa shape index (κ1) is 23.0. The van der Waals surface area contributed by atoms with E-state index in [0.29, 0.717) is 12.2 Å². The second-order valence-corrected chi connectivity index (χ2v) is 8.83. The van der Waals surface area contributed by atoms with Crippen LogP contribution in [0.5, 0.6) is 5.75 Å². The molecule has 0 saturated heterocycles. The molecule has 26 heavy (non-hydrogen) atoms. The van der Waals surface area contributed by atoms with Gasteiger partial charge in [-0.05, 0) is 30.9 Å². The smallest absolute Gasteiger partial charge is 0.264 e. The van der Waals surface area contributed by atoms with E-state index < -0.39 is 10.1 Å². The molecule has 0 fully saturated rings. The van der Waals surface area contributed by atoms with Crippen molar-refractivity contribution in [3.05, 3.63) is 29.8 Å². The predicted molar refractivity (Wildman–Crippen MR) is 108 cm³/mol. The number of hydrogen-bond acceptors (Lipinski definition) is 3. The lowest BCUT2D eigenvalue weighted by Crippen LogP contribution is -2.03. The van der Waals surface area contributed by atoms with E-state index in [4.69, 9.17) is 4.55 Å². The van der Waals surface area contributed by atoms with Gasteiger partial charge in [0.05, 0.1) is 5.75 Å². The maximum Gasteiger partial charge on any atom is 0.264 e. The average Bonchev–Trinajstić information content (AvgIpc) is 2.59. The van der Waals surface area contributed by atoms with Gasteiger partial charge in [-0.15, -0.1) is 0 Å². The zero-order chi connectivity index (χ0) is 19.1. The fourth-order valence-corrected chi connectivity index (χ4v) is 3.84. The summed E-state index contributed by atoms with van der Waals surface area (Å²) in [7, 11) is -3.77. The molecule has 0 aliphatic heterocycles. The summed E-state index contributed by atoms with van der Waals surface area (Å²) in [6.07, 6.45) is 16.0. The van der Waals surface area contributed by atoms with Crippen molar-refractivity contribution in [1.82, 2.24) is 0 Å². The molecule has 5 heteroatoms. The van der Waals surface area contributed by atoms with Crippen LogP contribution in [0.15, 0.2) is 24.3 Å². The van der Waals surface area contributed by atoms with Crippen molar-refractivity contribution in [2.24, 2.45) is 0 Å². The number of para-hydroxylation sites is 1. The third-order valence-corrected chi connectivity index (χ3v) is 5.64. The third kappa shape index (κ3) is 13.2. The number of phenols is 1.